The maximum absolute atomic E-state index is 12.6. The van der Waals surface area contributed by atoms with Crippen molar-refractivity contribution >= 4 is 17.5 Å². The van der Waals surface area contributed by atoms with E-state index in [1.807, 2.05) is 0 Å². The van der Waals surface area contributed by atoms with E-state index < -0.39 is 6.04 Å². The normalized spacial score (nSPS) is 13.7. The van der Waals surface area contributed by atoms with E-state index >= 15 is 0 Å². The van der Waals surface area contributed by atoms with E-state index in [-0.39, 0.29) is 28.8 Å². The van der Waals surface area contributed by atoms with Crippen LogP contribution in [0.2, 0.25) is 0 Å². The molecule has 3 aromatic rings. The van der Waals surface area contributed by atoms with E-state index in [0.717, 1.165) is 0 Å². The Labute approximate surface area is 154 Å². The minimum absolute atomic E-state index is 0.0304. The molecule has 0 unspecified atom stereocenters. The molecule has 1 atom stereocenters. The molecule has 0 spiro atoms. The van der Waals surface area contributed by atoms with Crippen LogP contribution >= 0.6 is 0 Å². The van der Waals surface area contributed by atoms with Gasteiger partial charge in [-0.1, -0.05) is 24.3 Å². The third kappa shape index (κ3) is 2.94. The summed E-state index contributed by atoms with van der Waals surface area (Å²) in [5, 5.41) is 0. The van der Waals surface area contributed by atoms with Crippen molar-refractivity contribution in [3.63, 3.8) is 0 Å². The Hall–Kier alpha value is -3.58. The first-order chi connectivity index (χ1) is 13.1. The van der Waals surface area contributed by atoms with Crippen molar-refractivity contribution in [3.05, 3.63) is 88.6 Å². The van der Waals surface area contributed by atoms with Crippen LogP contribution in [0.25, 0.3) is 0 Å². The third-order valence-electron chi connectivity index (χ3n) is 4.39. The number of ketones is 2. The van der Waals surface area contributed by atoms with E-state index in [9.17, 15) is 14.4 Å². The van der Waals surface area contributed by atoms with Crippen molar-refractivity contribution in [2.75, 3.05) is 0 Å². The zero-order valence-corrected chi connectivity index (χ0v) is 14.4. The molecule has 1 amide bonds. The number of hydrogen-bond acceptors (Lipinski definition) is 6. The predicted octanol–water partition coefficient (Wildman–Crippen LogP) is 2.45. The molecule has 1 aromatic carbocycles. The second-order valence-electron chi connectivity index (χ2n) is 6.15. The molecule has 2 heterocycles. The fraction of sp³-hybridized carbons (Fsp3) is 0.100. The van der Waals surface area contributed by atoms with Gasteiger partial charge in [0.2, 0.25) is 5.78 Å². The van der Waals surface area contributed by atoms with Crippen molar-refractivity contribution in [1.82, 2.24) is 15.8 Å². The van der Waals surface area contributed by atoms with E-state index in [0.29, 0.717) is 22.5 Å². The van der Waals surface area contributed by atoms with Gasteiger partial charge in [0, 0.05) is 29.1 Å². The number of amides is 1. The highest BCUT2D eigenvalue weighted by Gasteiger charge is 2.34. The Morgan fingerprint density at radius 3 is 2.37 bits per heavy atom. The predicted molar refractivity (Wildman–Crippen MR) is 95.3 cm³/mol. The van der Waals surface area contributed by atoms with E-state index in [2.05, 4.69) is 15.8 Å². The van der Waals surface area contributed by atoms with Gasteiger partial charge in [0.25, 0.3) is 5.91 Å². The van der Waals surface area contributed by atoms with E-state index in [4.69, 9.17) is 4.42 Å². The van der Waals surface area contributed by atoms with Crippen molar-refractivity contribution < 1.29 is 18.8 Å². The van der Waals surface area contributed by atoms with Crippen LogP contribution in [0.1, 0.15) is 61.1 Å². The largest absolute Gasteiger partial charge is 0.455 e. The molecule has 0 saturated carbocycles. The zero-order valence-electron chi connectivity index (χ0n) is 14.4. The number of carbonyl (C=O) groups excluding carboxylic acids is 3. The molecule has 2 N–H and O–H groups in total. The smallest absolute Gasteiger partial charge is 0.265 e. The molecule has 1 aliphatic carbocycles. The van der Waals surface area contributed by atoms with Gasteiger partial charge in [-0.05, 0) is 25.1 Å². The number of nitrogens with one attached hydrogen (secondary N) is 2. The first-order valence-corrected chi connectivity index (χ1v) is 8.34. The number of aromatic nitrogens is 1. The maximum atomic E-state index is 12.6. The summed E-state index contributed by atoms with van der Waals surface area (Å²) in [6.45, 7) is 1.75. The van der Waals surface area contributed by atoms with Gasteiger partial charge in [-0.3, -0.25) is 24.8 Å². The standard InChI is InChI=1S/C20H15N3O4/c1-11(22-23-20(26)12-6-8-21-9-7-12)16-10-15-17(24)13-4-2-3-5-14(13)18(25)19(15)27-16/h2-11,22H,1H3,(H,23,26)/t11-/m1/s1. The molecule has 27 heavy (non-hydrogen) atoms. The lowest BCUT2D eigenvalue weighted by molar-refractivity contribution is 0.0921. The summed E-state index contributed by atoms with van der Waals surface area (Å²) in [4.78, 5) is 41.2. The lowest BCUT2D eigenvalue weighted by Gasteiger charge is -2.12. The molecular formula is C20H15N3O4. The Morgan fingerprint density at radius 1 is 1.00 bits per heavy atom. The summed E-state index contributed by atoms with van der Waals surface area (Å²) >= 11 is 0. The van der Waals surface area contributed by atoms with Crippen LogP contribution in [-0.4, -0.2) is 22.5 Å². The minimum Gasteiger partial charge on any atom is -0.455 e. The quantitative estimate of drug-likeness (QED) is 0.542. The Balaban J connectivity index is 1.53. The molecule has 1 aliphatic rings. The summed E-state index contributed by atoms with van der Waals surface area (Å²) in [6.07, 6.45) is 3.04. The summed E-state index contributed by atoms with van der Waals surface area (Å²) in [5.74, 6) is -0.491. The van der Waals surface area contributed by atoms with Gasteiger partial charge in [-0.25, -0.2) is 5.43 Å². The molecule has 0 fully saturated rings. The van der Waals surface area contributed by atoms with Crippen molar-refractivity contribution in [3.8, 4) is 0 Å². The van der Waals surface area contributed by atoms with Crippen LogP contribution in [0, 0.1) is 0 Å². The Morgan fingerprint density at radius 2 is 1.67 bits per heavy atom. The number of hydrazine groups is 1. The number of pyridine rings is 1. The molecule has 0 saturated heterocycles. The average molecular weight is 361 g/mol. The SMILES string of the molecule is C[C@@H](NNC(=O)c1ccncc1)c1cc2c(o1)C(=O)c1ccccc1C2=O. The van der Waals surface area contributed by atoms with Crippen molar-refractivity contribution in [2.45, 2.75) is 13.0 Å². The minimum atomic E-state index is -0.454. The summed E-state index contributed by atoms with van der Waals surface area (Å²) < 4.78 is 5.65. The second kappa shape index (κ2) is 6.62. The van der Waals surface area contributed by atoms with Crippen LogP contribution in [0.15, 0.2) is 59.3 Å². The van der Waals surface area contributed by atoms with Crippen LogP contribution in [0.4, 0.5) is 0 Å². The fourth-order valence-corrected chi connectivity index (χ4v) is 2.93. The number of fused-ring (bicyclic) bond motifs is 2. The van der Waals surface area contributed by atoms with Gasteiger partial charge in [-0.15, -0.1) is 0 Å². The molecule has 0 bridgehead atoms. The Kier molecular flexibility index (Phi) is 4.13. The molecule has 4 rings (SSSR count). The number of carbonyl (C=O) groups is 3. The van der Waals surface area contributed by atoms with Crippen LogP contribution in [0.3, 0.4) is 0 Å². The summed E-state index contributed by atoms with van der Waals surface area (Å²) in [7, 11) is 0. The van der Waals surface area contributed by atoms with E-state index in [1.54, 1.807) is 49.4 Å². The molecule has 0 radical (unpaired) electrons. The van der Waals surface area contributed by atoms with Crippen molar-refractivity contribution in [2.24, 2.45) is 0 Å². The third-order valence-corrected chi connectivity index (χ3v) is 4.39. The molecule has 0 aliphatic heterocycles. The highest BCUT2D eigenvalue weighted by molar-refractivity contribution is 6.27. The fourth-order valence-electron chi connectivity index (χ4n) is 2.93. The Bertz CT molecular complexity index is 1000. The summed E-state index contributed by atoms with van der Waals surface area (Å²) in [6, 6.07) is 10.9. The lowest BCUT2D eigenvalue weighted by atomic mass is 9.88. The topological polar surface area (TPSA) is 101 Å². The molecule has 7 nitrogen and oxygen atoms in total. The van der Waals surface area contributed by atoms with Crippen LogP contribution in [0.5, 0.6) is 0 Å². The highest BCUT2D eigenvalue weighted by atomic mass is 16.4. The van der Waals surface area contributed by atoms with Gasteiger partial charge in [0.05, 0.1) is 11.6 Å². The maximum Gasteiger partial charge on any atom is 0.265 e. The van der Waals surface area contributed by atoms with E-state index in [1.165, 1.54) is 12.4 Å². The number of rotatable bonds is 4. The average Bonchev–Trinajstić information content (AvgIpc) is 3.17. The van der Waals surface area contributed by atoms with Gasteiger partial charge in [0.15, 0.2) is 11.5 Å². The molecule has 7 heteroatoms. The van der Waals surface area contributed by atoms with Crippen LogP contribution < -0.4 is 10.9 Å². The van der Waals surface area contributed by atoms with Gasteiger partial charge >= 0.3 is 0 Å². The highest BCUT2D eigenvalue weighted by Crippen LogP contribution is 2.31. The summed E-state index contributed by atoms with van der Waals surface area (Å²) in [5.41, 5.74) is 6.78. The number of nitrogens with zero attached hydrogens (tertiary/aromatic N) is 1. The lowest BCUT2D eigenvalue weighted by Crippen LogP contribution is -2.38. The number of benzene rings is 1. The van der Waals surface area contributed by atoms with Crippen molar-refractivity contribution in [1.29, 1.82) is 0 Å². The van der Waals surface area contributed by atoms with Gasteiger partial charge in [0.1, 0.15) is 5.76 Å². The first kappa shape index (κ1) is 16.9. The molecule has 134 valence electrons. The zero-order chi connectivity index (χ0) is 19.0. The van der Waals surface area contributed by atoms with Crippen LogP contribution in [-0.2, 0) is 0 Å². The molecular weight excluding hydrogens is 346 g/mol. The number of hydrogen-bond donors (Lipinski definition) is 2. The number of furan rings is 1. The van der Waals surface area contributed by atoms with Gasteiger partial charge < -0.3 is 4.42 Å². The monoisotopic (exact) mass is 361 g/mol. The first-order valence-electron chi connectivity index (χ1n) is 8.34. The van der Waals surface area contributed by atoms with Gasteiger partial charge in [-0.2, -0.15) is 0 Å². The second-order valence-corrected chi connectivity index (χ2v) is 6.15. The molecule has 2 aromatic heterocycles.